The maximum Gasteiger partial charge on any atom is 0.170 e. The number of nitrogens with zero attached hydrogens (tertiary/aromatic N) is 4. The largest absolute Gasteiger partial charge is 0.484 e. The Balaban J connectivity index is 1.99. The number of aromatic nitrogens is 4. The Morgan fingerprint density at radius 1 is 1.50 bits per heavy atom. The minimum absolute atomic E-state index is 0.405. The van der Waals surface area contributed by atoms with Crippen LogP contribution in [0.2, 0.25) is 0 Å². The number of rotatable bonds is 3. The molecule has 0 spiro atoms. The molecule has 2 heterocycles. The zero-order chi connectivity index (χ0) is 9.80. The summed E-state index contributed by atoms with van der Waals surface area (Å²) < 4.78 is 7.26. The van der Waals surface area contributed by atoms with E-state index < -0.39 is 0 Å². The molecule has 0 atom stereocenters. The molecule has 14 heavy (non-hydrogen) atoms. The summed E-state index contributed by atoms with van der Waals surface area (Å²) in [5.41, 5.74) is 0. The monoisotopic (exact) mass is 190 g/mol. The molecule has 0 aliphatic carbocycles. The van der Waals surface area contributed by atoms with Gasteiger partial charge in [-0.25, -0.2) is 0 Å². The van der Waals surface area contributed by atoms with Crippen molar-refractivity contribution in [1.29, 1.82) is 0 Å². The Kier molecular flexibility index (Phi) is 2.40. The van der Waals surface area contributed by atoms with E-state index in [1.807, 2.05) is 23.7 Å². The first-order valence-corrected chi connectivity index (χ1v) is 4.22. The second kappa shape index (κ2) is 3.87. The zero-order valence-corrected chi connectivity index (χ0v) is 7.79. The third-order valence-electron chi connectivity index (χ3n) is 1.81. The highest BCUT2D eigenvalue weighted by Gasteiger charge is 2.00. The van der Waals surface area contributed by atoms with E-state index in [-0.39, 0.29) is 0 Å². The Bertz CT molecular complexity index is 398. The van der Waals surface area contributed by atoms with Crippen LogP contribution in [0.15, 0.2) is 30.9 Å². The van der Waals surface area contributed by atoms with Crippen molar-refractivity contribution < 1.29 is 4.74 Å². The van der Waals surface area contributed by atoms with E-state index >= 15 is 0 Å². The van der Waals surface area contributed by atoms with Gasteiger partial charge in [0, 0.05) is 13.2 Å². The molecule has 2 aromatic rings. The maximum atomic E-state index is 5.45. The topological polar surface area (TPSA) is 52.8 Å². The van der Waals surface area contributed by atoms with Crippen molar-refractivity contribution >= 4 is 0 Å². The van der Waals surface area contributed by atoms with E-state index in [9.17, 15) is 0 Å². The summed E-state index contributed by atoms with van der Waals surface area (Å²) in [4.78, 5) is 3.94. The van der Waals surface area contributed by atoms with Crippen molar-refractivity contribution in [1.82, 2.24) is 19.7 Å². The zero-order valence-electron chi connectivity index (χ0n) is 7.79. The average Bonchev–Trinajstić information content (AvgIpc) is 2.63. The molecule has 0 bridgehead atoms. The predicted molar refractivity (Wildman–Crippen MR) is 49.6 cm³/mol. The molecule has 2 aromatic heterocycles. The predicted octanol–water partition coefficient (Wildman–Crippen LogP) is 0.789. The van der Waals surface area contributed by atoms with Crippen molar-refractivity contribution in [2.45, 2.75) is 6.61 Å². The van der Waals surface area contributed by atoms with Crippen LogP contribution in [0.1, 0.15) is 5.82 Å². The minimum atomic E-state index is 0.405. The van der Waals surface area contributed by atoms with Crippen LogP contribution in [0.25, 0.3) is 0 Å². The summed E-state index contributed by atoms with van der Waals surface area (Å²) in [5, 5.41) is 7.65. The van der Waals surface area contributed by atoms with E-state index in [4.69, 9.17) is 4.74 Å². The second-order valence-electron chi connectivity index (χ2n) is 2.84. The molecule has 0 saturated carbocycles. The van der Waals surface area contributed by atoms with Gasteiger partial charge in [0.15, 0.2) is 5.82 Å². The van der Waals surface area contributed by atoms with Crippen molar-refractivity contribution in [2.24, 2.45) is 7.05 Å². The standard InChI is InChI=1S/C9H10N4O/c1-13-7-11-12-9(13)6-14-8-3-2-4-10-5-8/h2-5,7H,6H2,1H3. The van der Waals surface area contributed by atoms with Gasteiger partial charge in [0.05, 0.1) is 6.20 Å². The summed E-state index contributed by atoms with van der Waals surface area (Å²) in [6, 6.07) is 3.68. The fourth-order valence-corrected chi connectivity index (χ4v) is 1.02. The molecule has 0 amide bonds. The van der Waals surface area contributed by atoms with Gasteiger partial charge < -0.3 is 9.30 Å². The Morgan fingerprint density at radius 3 is 3.07 bits per heavy atom. The van der Waals surface area contributed by atoms with Gasteiger partial charge in [-0.1, -0.05) is 0 Å². The molecule has 0 radical (unpaired) electrons. The number of aryl methyl sites for hydroxylation is 1. The van der Waals surface area contributed by atoms with Crippen LogP contribution in [0.5, 0.6) is 5.75 Å². The average molecular weight is 190 g/mol. The molecule has 0 aliphatic rings. The van der Waals surface area contributed by atoms with E-state index in [1.165, 1.54) is 0 Å². The van der Waals surface area contributed by atoms with Crippen molar-refractivity contribution in [3.63, 3.8) is 0 Å². The van der Waals surface area contributed by atoms with Crippen LogP contribution in [-0.2, 0) is 13.7 Å². The Morgan fingerprint density at radius 2 is 2.43 bits per heavy atom. The van der Waals surface area contributed by atoms with Crippen molar-refractivity contribution in [2.75, 3.05) is 0 Å². The highest BCUT2D eigenvalue weighted by atomic mass is 16.5. The normalized spacial score (nSPS) is 10.1. The van der Waals surface area contributed by atoms with E-state index in [0.717, 1.165) is 11.6 Å². The molecule has 0 aromatic carbocycles. The molecule has 5 heteroatoms. The van der Waals surface area contributed by atoms with Gasteiger partial charge in [0.2, 0.25) is 0 Å². The van der Waals surface area contributed by atoms with Crippen molar-refractivity contribution in [3.05, 3.63) is 36.7 Å². The molecular formula is C9H10N4O. The van der Waals surface area contributed by atoms with Crippen LogP contribution >= 0.6 is 0 Å². The first-order chi connectivity index (χ1) is 6.86. The third-order valence-corrected chi connectivity index (χ3v) is 1.81. The van der Waals surface area contributed by atoms with Gasteiger partial charge in [0.1, 0.15) is 18.7 Å². The minimum Gasteiger partial charge on any atom is -0.484 e. The Hall–Kier alpha value is -1.91. The van der Waals surface area contributed by atoms with Gasteiger partial charge in [-0.2, -0.15) is 0 Å². The van der Waals surface area contributed by atoms with Gasteiger partial charge in [-0.05, 0) is 12.1 Å². The lowest BCUT2D eigenvalue weighted by Gasteiger charge is -2.03. The lowest BCUT2D eigenvalue weighted by atomic mass is 10.5. The van der Waals surface area contributed by atoms with Crippen LogP contribution in [0.4, 0.5) is 0 Å². The van der Waals surface area contributed by atoms with Gasteiger partial charge in [0.25, 0.3) is 0 Å². The molecule has 0 aliphatic heterocycles. The van der Waals surface area contributed by atoms with Crippen LogP contribution in [-0.4, -0.2) is 19.7 Å². The molecule has 0 unspecified atom stereocenters. The highest BCUT2D eigenvalue weighted by Crippen LogP contribution is 2.08. The number of hydrogen-bond acceptors (Lipinski definition) is 4. The molecule has 0 N–H and O–H groups in total. The third kappa shape index (κ3) is 1.87. The first kappa shape index (κ1) is 8.68. The fraction of sp³-hybridized carbons (Fsp3) is 0.222. The summed E-state index contributed by atoms with van der Waals surface area (Å²) in [7, 11) is 1.88. The Labute approximate surface area is 81.4 Å². The van der Waals surface area contributed by atoms with E-state index in [1.54, 1.807) is 18.7 Å². The summed E-state index contributed by atoms with van der Waals surface area (Å²) in [5.74, 6) is 1.52. The molecule has 2 rings (SSSR count). The van der Waals surface area contributed by atoms with E-state index in [0.29, 0.717) is 6.61 Å². The van der Waals surface area contributed by atoms with Crippen LogP contribution < -0.4 is 4.74 Å². The molecule has 0 fully saturated rings. The number of hydrogen-bond donors (Lipinski definition) is 0. The molecule has 0 saturated heterocycles. The lowest BCUT2D eigenvalue weighted by molar-refractivity contribution is 0.290. The summed E-state index contributed by atoms with van der Waals surface area (Å²) in [6.45, 7) is 0.405. The van der Waals surface area contributed by atoms with Crippen LogP contribution in [0, 0.1) is 0 Å². The SMILES string of the molecule is Cn1cnnc1COc1cccnc1. The number of ether oxygens (including phenoxy) is 1. The first-order valence-electron chi connectivity index (χ1n) is 4.22. The van der Waals surface area contributed by atoms with E-state index in [2.05, 4.69) is 15.2 Å². The van der Waals surface area contributed by atoms with Gasteiger partial charge in [-0.15, -0.1) is 10.2 Å². The molecular weight excluding hydrogens is 180 g/mol. The van der Waals surface area contributed by atoms with Gasteiger partial charge in [-0.3, -0.25) is 4.98 Å². The van der Waals surface area contributed by atoms with Crippen LogP contribution in [0.3, 0.4) is 0 Å². The summed E-state index contributed by atoms with van der Waals surface area (Å²) >= 11 is 0. The van der Waals surface area contributed by atoms with Crippen molar-refractivity contribution in [3.8, 4) is 5.75 Å². The lowest BCUT2D eigenvalue weighted by Crippen LogP contribution is -2.02. The quantitative estimate of drug-likeness (QED) is 0.718. The second-order valence-corrected chi connectivity index (χ2v) is 2.84. The summed E-state index contributed by atoms with van der Waals surface area (Å²) in [6.07, 6.45) is 5.01. The maximum absolute atomic E-state index is 5.45. The van der Waals surface area contributed by atoms with Gasteiger partial charge >= 0.3 is 0 Å². The number of pyridine rings is 1. The highest BCUT2D eigenvalue weighted by molar-refractivity contribution is 5.15. The smallest absolute Gasteiger partial charge is 0.170 e. The fourth-order valence-electron chi connectivity index (χ4n) is 1.02. The molecule has 5 nitrogen and oxygen atoms in total. The molecule has 72 valence electrons.